The molecule has 0 spiro atoms. The summed E-state index contributed by atoms with van der Waals surface area (Å²) >= 11 is 0. The van der Waals surface area contributed by atoms with E-state index in [-0.39, 0.29) is 6.04 Å². The minimum Gasteiger partial charge on any atom is -0.368 e. The van der Waals surface area contributed by atoms with E-state index in [4.69, 9.17) is 0 Å². The topological polar surface area (TPSA) is 48.5 Å². The zero-order chi connectivity index (χ0) is 19.0. The molecule has 3 heterocycles. The number of carbonyl (C=O) groups is 1. The second kappa shape index (κ2) is 7.09. The molecule has 2 atom stereocenters. The molecule has 2 aliphatic heterocycles. The highest BCUT2D eigenvalue weighted by molar-refractivity contribution is 5.92. The second-order valence-corrected chi connectivity index (χ2v) is 7.10. The number of nitrogens with one attached hydrogen (secondary N) is 1. The van der Waals surface area contributed by atoms with E-state index in [2.05, 4.69) is 15.2 Å². The van der Waals surface area contributed by atoms with E-state index in [1.54, 1.807) is 12.1 Å². The van der Waals surface area contributed by atoms with Crippen LogP contribution in [0.25, 0.3) is 10.9 Å². The monoisotopic (exact) mass is 378 g/mol. The van der Waals surface area contributed by atoms with E-state index < -0.39 is 11.9 Å². The minimum atomic E-state index is -4.47. The SMILES string of the molecule is O=C[C@@H]1C[C@H](N2CCN(c3cc(C(F)(F)F)nc4ccccc34)CC2)CN1. The molecule has 2 saturated heterocycles. The number of rotatable bonds is 3. The summed E-state index contributed by atoms with van der Waals surface area (Å²) in [6, 6.07) is 8.34. The Labute approximate surface area is 155 Å². The number of aldehydes is 1. The van der Waals surface area contributed by atoms with Crippen molar-refractivity contribution in [3.05, 3.63) is 36.0 Å². The van der Waals surface area contributed by atoms with Gasteiger partial charge in [0, 0.05) is 49.8 Å². The number of aromatic nitrogens is 1. The quantitative estimate of drug-likeness (QED) is 0.831. The Hall–Kier alpha value is -2.19. The van der Waals surface area contributed by atoms with Crippen molar-refractivity contribution >= 4 is 22.9 Å². The fraction of sp³-hybridized carbons (Fsp3) is 0.474. The third kappa shape index (κ3) is 3.64. The van der Waals surface area contributed by atoms with Crippen molar-refractivity contribution in [3.63, 3.8) is 0 Å². The van der Waals surface area contributed by atoms with Crippen LogP contribution >= 0.6 is 0 Å². The van der Waals surface area contributed by atoms with Gasteiger partial charge < -0.3 is 15.0 Å². The Morgan fingerprint density at radius 1 is 1.15 bits per heavy atom. The number of anilines is 1. The molecule has 27 heavy (non-hydrogen) atoms. The van der Waals surface area contributed by atoms with Crippen molar-refractivity contribution in [1.82, 2.24) is 15.2 Å². The predicted molar refractivity (Wildman–Crippen MR) is 96.8 cm³/mol. The van der Waals surface area contributed by atoms with E-state index in [1.165, 1.54) is 0 Å². The Morgan fingerprint density at radius 2 is 1.89 bits per heavy atom. The van der Waals surface area contributed by atoms with Crippen LogP contribution in [0.1, 0.15) is 12.1 Å². The number of nitrogens with zero attached hydrogens (tertiary/aromatic N) is 3. The molecule has 8 heteroatoms. The fourth-order valence-corrected chi connectivity index (χ4v) is 4.02. The lowest BCUT2D eigenvalue weighted by Gasteiger charge is -2.39. The molecule has 2 aromatic rings. The molecule has 4 rings (SSSR count). The molecule has 0 radical (unpaired) electrons. The van der Waals surface area contributed by atoms with Gasteiger partial charge in [-0.25, -0.2) is 4.98 Å². The summed E-state index contributed by atoms with van der Waals surface area (Å²) in [5.74, 6) is 0. The zero-order valence-electron chi connectivity index (χ0n) is 14.7. The van der Waals surface area contributed by atoms with Gasteiger partial charge in [0.15, 0.2) is 0 Å². The first-order valence-electron chi connectivity index (χ1n) is 9.10. The van der Waals surface area contributed by atoms with Crippen LogP contribution in [0.15, 0.2) is 30.3 Å². The maximum Gasteiger partial charge on any atom is 0.433 e. The van der Waals surface area contributed by atoms with Crippen LogP contribution in [0.3, 0.4) is 0 Å². The number of alkyl halides is 3. The van der Waals surface area contributed by atoms with Gasteiger partial charge in [0.25, 0.3) is 0 Å². The highest BCUT2D eigenvalue weighted by Gasteiger charge is 2.35. The maximum atomic E-state index is 13.3. The maximum absolute atomic E-state index is 13.3. The van der Waals surface area contributed by atoms with Gasteiger partial charge in [-0.15, -0.1) is 0 Å². The summed E-state index contributed by atoms with van der Waals surface area (Å²) in [6.45, 7) is 3.59. The lowest BCUT2D eigenvalue weighted by Crippen LogP contribution is -2.51. The molecule has 0 bridgehead atoms. The minimum absolute atomic E-state index is 0.0912. The highest BCUT2D eigenvalue weighted by Crippen LogP contribution is 2.35. The van der Waals surface area contributed by atoms with Gasteiger partial charge in [0.05, 0.1) is 11.6 Å². The van der Waals surface area contributed by atoms with Gasteiger partial charge in [-0.1, -0.05) is 18.2 Å². The number of hydrogen-bond acceptors (Lipinski definition) is 5. The number of fused-ring (bicyclic) bond motifs is 1. The fourth-order valence-electron chi connectivity index (χ4n) is 4.02. The summed E-state index contributed by atoms with van der Waals surface area (Å²) < 4.78 is 39.8. The second-order valence-electron chi connectivity index (χ2n) is 7.10. The van der Waals surface area contributed by atoms with Crippen molar-refractivity contribution in [2.75, 3.05) is 37.6 Å². The van der Waals surface area contributed by atoms with Crippen molar-refractivity contribution in [2.45, 2.75) is 24.7 Å². The largest absolute Gasteiger partial charge is 0.433 e. The predicted octanol–water partition coefficient (Wildman–Crippen LogP) is 2.30. The molecular weight excluding hydrogens is 357 g/mol. The Morgan fingerprint density at radius 3 is 2.56 bits per heavy atom. The highest BCUT2D eigenvalue weighted by atomic mass is 19.4. The van der Waals surface area contributed by atoms with E-state index in [1.807, 2.05) is 17.0 Å². The normalized spacial score (nSPS) is 24.5. The number of hydrogen-bond donors (Lipinski definition) is 1. The first kappa shape index (κ1) is 18.2. The first-order chi connectivity index (χ1) is 13.0. The van der Waals surface area contributed by atoms with E-state index >= 15 is 0 Å². The average Bonchev–Trinajstić information content (AvgIpc) is 3.16. The van der Waals surface area contributed by atoms with Crippen LogP contribution in [0.2, 0.25) is 0 Å². The van der Waals surface area contributed by atoms with Crippen molar-refractivity contribution in [3.8, 4) is 0 Å². The van der Waals surface area contributed by atoms with Gasteiger partial charge in [-0.05, 0) is 18.6 Å². The first-order valence-corrected chi connectivity index (χ1v) is 9.10. The van der Waals surface area contributed by atoms with Crippen LogP contribution in [-0.4, -0.2) is 61.0 Å². The standard InChI is InChI=1S/C19H21F3N4O/c20-19(21,22)18-10-17(15-3-1-2-4-16(15)24-18)26-7-5-25(6-8-26)14-9-13(12-27)23-11-14/h1-4,10,12-14,23H,5-9,11H2/t13-,14-/m0/s1. The van der Waals surface area contributed by atoms with Crippen molar-refractivity contribution in [1.29, 1.82) is 0 Å². The smallest absolute Gasteiger partial charge is 0.368 e. The molecule has 0 amide bonds. The molecule has 1 aromatic heterocycles. The van der Waals surface area contributed by atoms with Crippen LogP contribution in [0.4, 0.5) is 18.9 Å². The van der Waals surface area contributed by atoms with Gasteiger partial charge >= 0.3 is 6.18 Å². The van der Waals surface area contributed by atoms with E-state index in [9.17, 15) is 18.0 Å². The number of piperazine rings is 1. The molecule has 0 saturated carbocycles. The average molecular weight is 378 g/mol. The number of halogens is 3. The van der Waals surface area contributed by atoms with Crippen molar-refractivity contribution in [2.24, 2.45) is 0 Å². The third-order valence-electron chi connectivity index (χ3n) is 5.46. The van der Waals surface area contributed by atoms with Gasteiger partial charge in [0.2, 0.25) is 0 Å². The lowest BCUT2D eigenvalue weighted by molar-refractivity contribution is -0.140. The van der Waals surface area contributed by atoms with Crippen LogP contribution in [-0.2, 0) is 11.0 Å². The summed E-state index contributed by atoms with van der Waals surface area (Å²) in [6.07, 6.45) is -2.74. The third-order valence-corrected chi connectivity index (χ3v) is 5.46. The molecule has 5 nitrogen and oxygen atoms in total. The molecular formula is C19H21F3N4O. The summed E-state index contributed by atoms with van der Waals surface area (Å²) in [5.41, 5.74) is 0.0916. The Kier molecular flexibility index (Phi) is 4.77. The number of carbonyl (C=O) groups excluding carboxylic acids is 1. The number of para-hydroxylation sites is 1. The van der Waals surface area contributed by atoms with Gasteiger partial charge in [-0.2, -0.15) is 13.2 Å². The molecule has 2 fully saturated rings. The number of benzene rings is 1. The molecule has 1 aromatic carbocycles. The summed E-state index contributed by atoms with van der Waals surface area (Å²) in [4.78, 5) is 19.0. The molecule has 144 valence electrons. The van der Waals surface area contributed by atoms with Crippen LogP contribution < -0.4 is 10.2 Å². The molecule has 0 unspecified atom stereocenters. The van der Waals surface area contributed by atoms with Crippen molar-refractivity contribution < 1.29 is 18.0 Å². The van der Waals surface area contributed by atoms with E-state index in [0.717, 1.165) is 43.8 Å². The lowest BCUT2D eigenvalue weighted by atomic mass is 10.1. The summed E-state index contributed by atoms with van der Waals surface area (Å²) in [5, 5.41) is 3.93. The number of pyridine rings is 1. The Bertz CT molecular complexity index is 833. The summed E-state index contributed by atoms with van der Waals surface area (Å²) in [7, 11) is 0. The van der Waals surface area contributed by atoms with Gasteiger partial charge in [-0.3, -0.25) is 4.90 Å². The molecule has 1 N–H and O–H groups in total. The molecule has 2 aliphatic rings. The van der Waals surface area contributed by atoms with Crippen LogP contribution in [0.5, 0.6) is 0 Å². The Balaban J connectivity index is 1.56. The van der Waals surface area contributed by atoms with Crippen LogP contribution in [0, 0.1) is 0 Å². The van der Waals surface area contributed by atoms with E-state index in [0.29, 0.717) is 30.3 Å². The zero-order valence-corrected chi connectivity index (χ0v) is 14.7. The van der Waals surface area contributed by atoms with Gasteiger partial charge in [0.1, 0.15) is 12.0 Å². The molecule has 0 aliphatic carbocycles.